The minimum Gasteiger partial charge on any atom is -0.371 e. The molecule has 0 spiro atoms. The van der Waals surface area contributed by atoms with Crippen molar-refractivity contribution in [1.29, 1.82) is 0 Å². The number of benzene rings is 2. The minimum absolute atomic E-state index is 0.0533. The van der Waals surface area contributed by atoms with Gasteiger partial charge in [-0.2, -0.15) is 0 Å². The van der Waals surface area contributed by atoms with Crippen molar-refractivity contribution in [3.8, 4) is 0 Å². The molecule has 0 saturated carbocycles. The van der Waals surface area contributed by atoms with Crippen LogP contribution in [-0.4, -0.2) is 38.0 Å². The van der Waals surface area contributed by atoms with Gasteiger partial charge in [-0.25, -0.2) is 0 Å². The lowest BCUT2D eigenvalue weighted by molar-refractivity contribution is -0.119. The molecule has 0 aromatic heterocycles. The first-order valence-corrected chi connectivity index (χ1v) is 11.1. The van der Waals surface area contributed by atoms with Crippen molar-refractivity contribution in [2.45, 2.75) is 25.7 Å². The zero-order valence-corrected chi connectivity index (χ0v) is 18.0. The molecule has 0 aliphatic carbocycles. The number of hydrogen-bond acceptors (Lipinski definition) is 3. The number of nitrogens with one attached hydrogen (secondary N) is 1. The van der Waals surface area contributed by atoms with Crippen LogP contribution in [0.25, 0.3) is 0 Å². The molecule has 2 aromatic rings. The predicted octanol–water partition coefficient (Wildman–Crippen LogP) is 4.22. The average Bonchev–Trinajstić information content (AvgIpc) is 3.22. The second kappa shape index (κ2) is 8.99. The van der Waals surface area contributed by atoms with E-state index in [-0.39, 0.29) is 11.8 Å². The van der Waals surface area contributed by atoms with Crippen molar-refractivity contribution >= 4 is 39.1 Å². The number of carbonyl (C=O) groups is 2. The van der Waals surface area contributed by atoms with Crippen LogP contribution in [0.1, 0.15) is 36.0 Å². The number of piperidine rings is 1. The summed E-state index contributed by atoms with van der Waals surface area (Å²) in [6.45, 7) is 3.40. The van der Waals surface area contributed by atoms with Gasteiger partial charge in [0.15, 0.2) is 0 Å². The molecule has 2 amide bonds. The van der Waals surface area contributed by atoms with E-state index in [1.54, 1.807) is 0 Å². The fourth-order valence-electron chi connectivity index (χ4n) is 4.12. The second-order valence-electron chi connectivity index (χ2n) is 7.84. The maximum Gasteiger partial charge on any atom is 0.251 e. The van der Waals surface area contributed by atoms with Gasteiger partial charge in [0.05, 0.1) is 0 Å². The summed E-state index contributed by atoms with van der Waals surface area (Å²) >= 11 is 3.53. The highest BCUT2D eigenvalue weighted by molar-refractivity contribution is 9.10. The van der Waals surface area contributed by atoms with Crippen molar-refractivity contribution in [1.82, 2.24) is 5.32 Å². The van der Waals surface area contributed by atoms with Crippen molar-refractivity contribution in [2.75, 3.05) is 36.0 Å². The lowest BCUT2D eigenvalue weighted by Gasteiger charge is -2.26. The maximum absolute atomic E-state index is 12.5. The molecule has 2 aliphatic heterocycles. The summed E-state index contributed by atoms with van der Waals surface area (Å²) in [6.07, 6.45) is 3.69. The van der Waals surface area contributed by atoms with Crippen LogP contribution >= 0.6 is 15.9 Å². The van der Waals surface area contributed by atoms with E-state index in [2.05, 4.69) is 44.3 Å². The summed E-state index contributed by atoms with van der Waals surface area (Å²) < 4.78 is 1.08. The molecule has 2 aromatic carbocycles. The number of anilines is 2. The van der Waals surface area contributed by atoms with Gasteiger partial charge in [-0.1, -0.05) is 22.0 Å². The number of amides is 2. The van der Waals surface area contributed by atoms with Crippen LogP contribution in [0.15, 0.2) is 53.0 Å². The standard InChI is InChI=1S/C23H26BrN3O2/c24-19-4-3-5-21(14-19)26-13-11-17(16-26)15-25-23(29)18-7-9-20(10-8-18)27-12-2-1-6-22(27)28/h3-5,7-10,14,17H,1-2,6,11-13,15-16H2,(H,25,29). The molecule has 6 heteroatoms. The van der Waals surface area contributed by atoms with Gasteiger partial charge in [-0.15, -0.1) is 0 Å². The molecule has 4 rings (SSSR count). The molecule has 1 atom stereocenters. The van der Waals surface area contributed by atoms with Crippen LogP contribution in [0.5, 0.6) is 0 Å². The Bertz CT molecular complexity index is 884. The highest BCUT2D eigenvalue weighted by atomic mass is 79.9. The zero-order chi connectivity index (χ0) is 20.2. The Hall–Kier alpha value is -2.34. The summed E-state index contributed by atoms with van der Waals surface area (Å²) in [5.41, 5.74) is 2.74. The van der Waals surface area contributed by atoms with Crippen molar-refractivity contribution in [3.05, 3.63) is 58.6 Å². The monoisotopic (exact) mass is 455 g/mol. The Morgan fingerprint density at radius 3 is 2.66 bits per heavy atom. The van der Waals surface area contributed by atoms with E-state index in [1.165, 1.54) is 5.69 Å². The molecular weight excluding hydrogens is 430 g/mol. The molecule has 152 valence electrons. The normalized spacial score (nSPS) is 19.5. The topological polar surface area (TPSA) is 52.7 Å². The fourth-order valence-corrected chi connectivity index (χ4v) is 4.50. The fraction of sp³-hybridized carbons (Fsp3) is 0.391. The second-order valence-corrected chi connectivity index (χ2v) is 8.76. The van der Waals surface area contributed by atoms with Crippen molar-refractivity contribution < 1.29 is 9.59 Å². The van der Waals surface area contributed by atoms with E-state index >= 15 is 0 Å². The molecule has 1 N–H and O–H groups in total. The number of hydrogen-bond donors (Lipinski definition) is 1. The Morgan fingerprint density at radius 2 is 1.90 bits per heavy atom. The average molecular weight is 456 g/mol. The lowest BCUT2D eigenvalue weighted by atomic mass is 10.1. The highest BCUT2D eigenvalue weighted by Gasteiger charge is 2.24. The van der Waals surface area contributed by atoms with E-state index in [9.17, 15) is 9.59 Å². The predicted molar refractivity (Wildman–Crippen MR) is 119 cm³/mol. The molecule has 0 radical (unpaired) electrons. The van der Waals surface area contributed by atoms with Gasteiger partial charge < -0.3 is 15.1 Å². The number of halogens is 1. The van der Waals surface area contributed by atoms with Gasteiger partial charge >= 0.3 is 0 Å². The third kappa shape index (κ3) is 4.81. The summed E-state index contributed by atoms with van der Waals surface area (Å²) in [5, 5.41) is 3.08. The Kier molecular flexibility index (Phi) is 6.19. The largest absolute Gasteiger partial charge is 0.371 e. The first-order valence-electron chi connectivity index (χ1n) is 10.3. The van der Waals surface area contributed by atoms with E-state index in [0.717, 1.165) is 49.1 Å². The molecule has 2 aliphatic rings. The van der Waals surface area contributed by atoms with E-state index < -0.39 is 0 Å². The van der Waals surface area contributed by atoms with Crippen LogP contribution in [0.2, 0.25) is 0 Å². The molecule has 2 heterocycles. The van der Waals surface area contributed by atoms with Crippen molar-refractivity contribution in [2.24, 2.45) is 5.92 Å². The Morgan fingerprint density at radius 1 is 1.07 bits per heavy atom. The van der Waals surface area contributed by atoms with Crippen LogP contribution in [0.3, 0.4) is 0 Å². The quantitative estimate of drug-likeness (QED) is 0.733. The number of nitrogens with zero attached hydrogens (tertiary/aromatic N) is 2. The highest BCUT2D eigenvalue weighted by Crippen LogP contribution is 2.26. The SMILES string of the molecule is O=C(NCC1CCN(c2cccc(Br)c2)C1)c1ccc(N2CCCCC2=O)cc1. The van der Waals surface area contributed by atoms with Gasteiger partial charge in [0.2, 0.25) is 5.91 Å². The Balaban J connectivity index is 1.29. The van der Waals surface area contributed by atoms with Gasteiger partial charge in [-0.05, 0) is 67.6 Å². The molecule has 29 heavy (non-hydrogen) atoms. The van der Waals surface area contributed by atoms with Crippen LogP contribution in [0.4, 0.5) is 11.4 Å². The molecule has 2 saturated heterocycles. The summed E-state index contributed by atoms with van der Waals surface area (Å²) in [4.78, 5) is 28.8. The summed E-state index contributed by atoms with van der Waals surface area (Å²) in [7, 11) is 0. The molecule has 1 unspecified atom stereocenters. The third-order valence-electron chi connectivity index (χ3n) is 5.78. The number of rotatable bonds is 5. The molecule has 5 nitrogen and oxygen atoms in total. The maximum atomic E-state index is 12.5. The first kappa shape index (κ1) is 20.0. The number of carbonyl (C=O) groups excluding carboxylic acids is 2. The smallest absolute Gasteiger partial charge is 0.251 e. The van der Waals surface area contributed by atoms with E-state index in [4.69, 9.17) is 0 Å². The summed E-state index contributed by atoms with van der Waals surface area (Å²) in [5.74, 6) is 0.565. The Labute approximate surface area is 180 Å². The van der Waals surface area contributed by atoms with Gasteiger partial charge in [0.1, 0.15) is 0 Å². The molecule has 0 bridgehead atoms. The minimum atomic E-state index is -0.0533. The molecule has 2 fully saturated rings. The van der Waals surface area contributed by atoms with Crippen LogP contribution < -0.4 is 15.1 Å². The van der Waals surface area contributed by atoms with Crippen LogP contribution in [-0.2, 0) is 4.79 Å². The third-order valence-corrected chi connectivity index (χ3v) is 6.27. The zero-order valence-electron chi connectivity index (χ0n) is 16.4. The lowest BCUT2D eigenvalue weighted by Crippen LogP contribution is -2.35. The van der Waals surface area contributed by atoms with E-state index in [1.807, 2.05) is 35.2 Å². The van der Waals surface area contributed by atoms with Crippen molar-refractivity contribution in [3.63, 3.8) is 0 Å². The molecular formula is C23H26BrN3O2. The van der Waals surface area contributed by atoms with Gasteiger partial charge in [0, 0.05) is 54.0 Å². The van der Waals surface area contributed by atoms with Gasteiger partial charge in [-0.3, -0.25) is 9.59 Å². The van der Waals surface area contributed by atoms with Gasteiger partial charge in [0.25, 0.3) is 5.91 Å². The summed E-state index contributed by atoms with van der Waals surface area (Å²) in [6, 6.07) is 15.7. The van der Waals surface area contributed by atoms with Crippen LogP contribution in [0, 0.1) is 5.92 Å². The van der Waals surface area contributed by atoms with E-state index in [0.29, 0.717) is 24.4 Å². The first-order chi connectivity index (χ1) is 14.1.